The molecule has 2 aromatic heterocycles. The van der Waals surface area contributed by atoms with Gasteiger partial charge in [-0.3, -0.25) is 9.58 Å². The third-order valence-corrected chi connectivity index (χ3v) is 4.78. The first-order chi connectivity index (χ1) is 11.2. The maximum atomic E-state index is 9.04. The van der Waals surface area contributed by atoms with E-state index in [2.05, 4.69) is 20.3 Å². The monoisotopic (exact) mass is 318 g/mol. The van der Waals surface area contributed by atoms with Gasteiger partial charge in [-0.15, -0.1) is 5.10 Å². The van der Waals surface area contributed by atoms with Crippen LogP contribution in [0.2, 0.25) is 0 Å². The Morgan fingerprint density at radius 3 is 3.22 bits per heavy atom. The highest BCUT2D eigenvalue weighted by atomic mass is 16.5. The number of hydrogen-bond acceptors (Lipinski definition) is 6. The first-order valence-electron chi connectivity index (χ1n) is 8.11. The van der Waals surface area contributed by atoms with Gasteiger partial charge in [-0.2, -0.15) is 5.10 Å². The summed E-state index contributed by atoms with van der Waals surface area (Å²) in [5.41, 5.74) is 3.30. The Hall–Kier alpha value is -1.77. The van der Waals surface area contributed by atoms with E-state index in [0.29, 0.717) is 13.2 Å². The van der Waals surface area contributed by atoms with Crippen LogP contribution in [0.5, 0.6) is 0 Å². The van der Waals surface area contributed by atoms with Crippen molar-refractivity contribution in [1.29, 1.82) is 0 Å². The van der Waals surface area contributed by atoms with Crippen LogP contribution < -0.4 is 0 Å². The van der Waals surface area contributed by atoms with Crippen molar-refractivity contribution in [2.24, 2.45) is 0 Å². The molecule has 2 atom stereocenters. The second kappa shape index (κ2) is 6.03. The molecule has 2 aliphatic rings. The van der Waals surface area contributed by atoms with Crippen molar-refractivity contribution in [3.63, 3.8) is 0 Å². The predicted molar refractivity (Wildman–Crippen MR) is 81.6 cm³/mol. The number of ether oxygens (including phenoxy) is 1. The average molecular weight is 318 g/mol. The van der Waals surface area contributed by atoms with Crippen molar-refractivity contribution in [3.05, 3.63) is 29.3 Å². The van der Waals surface area contributed by atoms with Crippen LogP contribution in [0.25, 0.3) is 0 Å². The topological polar surface area (TPSA) is 81.2 Å². The molecule has 23 heavy (non-hydrogen) atoms. The van der Waals surface area contributed by atoms with E-state index < -0.39 is 0 Å². The van der Waals surface area contributed by atoms with E-state index in [4.69, 9.17) is 9.84 Å². The van der Waals surface area contributed by atoms with E-state index in [1.54, 1.807) is 6.20 Å². The summed E-state index contributed by atoms with van der Waals surface area (Å²) >= 11 is 0. The molecule has 0 saturated carbocycles. The summed E-state index contributed by atoms with van der Waals surface area (Å²) in [5.74, 6) is 0. The van der Waals surface area contributed by atoms with E-state index in [-0.39, 0.29) is 18.8 Å². The quantitative estimate of drug-likeness (QED) is 0.862. The molecule has 0 aliphatic carbocycles. The Morgan fingerprint density at radius 1 is 1.43 bits per heavy atom. The Labute approximate surface area is 134 Å². The van der Waals surface area contributed by atoms with Gasteiger partial charge >= 0.3 is 0 Å². The molecule has 1 saturated heterocycles. The summed E-state index contributed by atoms with van der Waals surface area (Å²) in [6.45, 7) is 6.07. The second-order valence-electron chi connectivity index (χ2n) is 6.34. The van der Waals surface area contributed by atoms with Gasteiger partial charge in [-0.25, -0.2) is 4.68 Å². The highest BCUT2D eigenvalue weighted by molar-refractivity contribution is 5.15. The standard InChI is InChI=1S/C15H22N6O2/c1-11-12(8-20(17-11)4-5-22)7-19-3-2-15-14(9-19)21-13(10-23-15)6-16-18-21/h6,8,14-15,22H,2-5,7,9-10H2,1H3/t14-,15+/m0/s1. The van der Waals surface area contributed by atoms with Crippen LogP contribution in [0.3, 0.4) is 0 Å². The van der Waals surface area contributed by atoms with Crippen LogP contribution in [-0.2, 0) is 24.4 Å². The van der Waals surface area contributed by atoms with Crippen LogP contribution in [-0.4, -0.2) is 60.6 Å². The first-order valence-corrected chi connectivity index (χ1v) is 8.11. The van der Waals surface area contributed by atoms with Crippen LogP contribution in [0.1, 0.15) is 29.4 Å². The van der Waals surface area contributed by atoms with Gasteiger partial charge in [0.2, 0.25) is 0 Å². The summed E-state index contributed by atoms with van der Waals surface area (Å²) in [7, 11) is 0. The highest BCUT2D eigenvalue weighted by Crippen LogP contribution is 2.30. The molecule has 4 heterocycles. The van der Waals surface area contributed by atoms with Crippen LogP contribution in [0.4, 0.5) is 0 Å². The zero-order valence-electron chi connectivity index (χ0n) is 13.3. The van der Waals surface area contributed by atoms with Crippen molar-refractivity contribution in [1.82, 2.24) is 29.7 Å². The Bertz CT molecular complexity index is 681. The smallest absolute Gasteiger partial charge is 0.0930 e. The summed E-state index contributed by atoms with van der Waals surface area (Å²) in [5, 5.41) is 21.8. The van der Waals surface area contributed by atoms with Gasteiger partial charge in [0.1, 0.15) is 0 Å². The van der Waals surface area contributed by atoms with Crippen LogP contribution in [0, 0.1) is 6.92 Å². The van der Waals surface area contributed by atoms with E-state index in [1.807, 2.05) is 22.5 Å². The van der Waals surface area contributed by atoms with E-state index >= 15 is 0 Å². The molecule has 4 rings (SSSR count). The summed E-state index contributed by atoms with van der Waals surface area (Å²) < 4.78 is 9.80. The first kappa shape index (κ1) is 14.8. The third-order valence-electron chi connectivity index (χ3n) is 4.78. The van der Waals surface area contributed by atoms with Gasteiger partial charge in [0.05, 0.1) is 49.5 Å². The number of fused-ring (bicyclic) bond motifs is 3. The second-order valence-corrected chi connectivity index (χ2v) is 6.34. The van der Waals surface area contributed by atoms with Crippen molar-refractivity contribution in [2.45, 2.75) is 45.2 Å². The van der Waals surface area contributed by atoms with Crippen molar-refractivity contribution < 1.29 is 9.84 Å². The molecular formula is C15H22N6O2. The SMILES string of the molecule is Cc1nn(CCO)cc1CN1CC[C@H]2OCc3cnnn3[C@H]2C1. The number of aromatic nitrogens is 5. The molecule has 0 spiro atoms. The maximum Gasteiger partial charge on any atom is 0.0930 e. The number of likely N-dealkylation sites (tertiary alicyclic amines) is 1. The van der Waals surface area contributed by atoms with Gasteiger partial charge < -0.3 is 9.84 Å². The van der Waals surface area contributed by atoms with Gasteiger partial charge in [0.15, 0.2) is 0 Å². The number of aliphatic hydroxyl groups excluding tert-OH is 1. The zero-order valence-corrected chi connectivity index (χ0v) is 13.3. The lowest BCUT2D eigenvalue weighted by atomic mass is 10.00. The molecule has 0 unspecified atom stereocenters. The molecule has 1 fully saturated rings. The van der Waals surface area contributed by atoms with E-state index in [1.165, 1.54) is 5.56 Å². The largest absolute Gasteiger partial charge is 0.394 e. The molecule has 8 nitrogen and oxygen atoms in total. The molecular weight excluding hydrogens is 296 g/mol. The molecule has 0 bridgehead atoms. The number of piperidine rings is 1. The lowest BCUT2D eigenvalue weighted by Gasteiger charge is -2.41. The molecule has 0 amide bonds. The summed E-state index contributed by atoms with van der Waals surface area (Å²) in [6, 6.07) is 0.239. The lowest BCUT2D eigenvalue weighted by Crippen LogP contribution is -2.47. The summed E-state index contributed by atoms with van der Waals surface area (Å²) in [6.07, 6.45) is 5.07. The minimum Gasteiger partial charge on any atom is -0.394 e. The molecule has 8 heteroatoms. The average Bonchev–Trinajstić information content (AvgIpc) is 3.15. The maximum absolute atomic E-state index is 9.04. The molecule has 2 aliphatic heterocycles. The minimum atomic E-state index is 0.112. The fourth-order valence-corrected chi connectivity index (χ4v) is 3.56. The van der Waals surface area contributed by atoms with Crippen molar-refractivity contribution in [3.8, 4) is 0 Å². The van der Waals surface area contributed by atoms with Crippen LogP contribution >= 0.6 is 0 Å². The fourth-order valence-electron chi connectivity index (χ4n) is 3.56. The Balaban J connectivity index is 1.48. The number of aryl methyl sites for hydroxylation is 1. The molecule has 1 N–H and O–H groups in total. The third kappa shape index (κ3) is 2.77. The van der Waals surface area contributed by atoms with Gasteiger partial charge in [-0.1, -0.05) is 5.21 Å². The highest BCUT2D eigenvalue weighted by Gasteiger charge is 2.36. The Kier molecular flexibility index (Phi) is 3.88. The van der Waals surface area contributed by atoms with Gasteiger partial charge in [-0.05, 0) is 13.3 Å². The zero-order chi connectivity index (χ0) is 15.8. The van der Waals surface area contributed by atoms with E-state index in [9.17, 15) is 0 Å². The summed E-state index contributed by atoms with van der Waals surface area (Å²) in [4.78, 5) is 2.43. The molecule has 2 aromatic rings. The van der Waals surface area contributed by atoms with Crippen molar-refractivity contribution in [2.75, 3.05) is 19.7 Å². The lowest BCUT2D eigenvalue weighted by molar-refractivity contribution is -0.0670. The predicted octanol–water partition coefficient (Wildman–Crippen LogP) is 0.121. The van der Waals surface area contributed by atoms with E-state index in [0.717, 1.165) is 37.4 Å². The number of nitrogens with zero attached hydrogens (tertiary/aromatic N) is 6. The number of hydrogen-bond donors (Lipinski definition) is 1. The van der Waals surface area contributed by atoms with Crippen molar-refractivity contribution >= 4 is 0 Å². The molecule has 124 valence electrons. The van der Waals surface area contributed by atoms with Gasteiger partial charge in [0, 0.05) is 31.4 Å². The Morgan fingerprint density at radius 2 is 2.35 bits per heavy atom. The minimum absolute atomic E-state index is 0.112. The fraction of sp³-hybridized carbons (Fsp3) is 0.667. The number of aliphatic hydroxyl groups is 1. The normalized spacial score (nSPS) is 24.4. The molecule has 0 aromatic carbocycles. The van der Waals surface area contributed by atoms with Gasteiger partial charge in [0.25, 0.3) is 0 Å². The number of rotatable bonds is 4. The molecule has 0 radical (unpaired) electrons. The van der Waals surface area contributed by atoms with Crippen LogP contribution in [0.15, 0.2) is 12.4 Å².